The number of nitrogens with zero attached hydrogens (tertiary/aromatic N) is 2. The van der Waals surface area contributed by atoms with Crippen molar-refractivity contribution in [2.45, 2.75) is 20.3 Å². The number of phenolic OH excluding ortho intramolecular Hbond substituents is 1. The van der Waals surface area contributed by atoms with Gasteiger partial charge in [0.1, 0.15) is 11.6 Å². The zero-order valence-electron chi connectivity index (χ0n) is 10.9. The predicted octanol–water partition coefficient (Wildman–Crippen LogP) is 3.74. The number of aryl methyl sites for hydroxylation is 1. The van der Waals surface area contributed by atoms with Crippen molar-refractivity contribution in [1.82, 2.24) is 9.97 Å². The summed E-state index contributed by atoms with van der Waals surface area (Å²) in [6, 6.07) is 6.88. The van der Waals surface area contributed by atoms with Crippen molar-refractivity contribution in [2.24, 2.45) is 0 Å². The molecule has 19 heavy (non-hydrogen) atoms. The molecule has 5 heteroatoms. The molecule has 2 aromatic rings. The van der Waals surface area contributed by atoms with Crippen LogP contribution in [0.3, 0.4) is 0 Å². The molecule has 1 heterocycles. The van der Waals surface area contributed by atoms with Crippen LogP contribution in [0.15, 0.2) is 28.7 Å². The first-order chi connectivity index (χ1) is 9.11. The molecular weight excluding hydrogens is 306 g/mol. The smallest absolute Gasteiger partial charge is 0.161 e. The van der Waals surface area contributed by atoms with Crippen LogP contribution in [-0.4, -0.2) is 21.6 Å². The van der Waals surface area contributed by atoms with Crippen molar-refractivity contribution in [2.75, 3.05) is 11.9 Å². The van der Waals surface area contributed by atoms with Crippen molar-refractivity contribution in [3.05, 3.63) is 34.4 Å². The Morgan fingerprint density at radius 1 is 1.21 bits per heavy atom. The number of phenols is 1. The summed E-state index contributed by atoms with van der Waals surface area (Å²) in [6.07, 6.45) is 1.03. The third-order valence-corrected chi connectivity index (χ3v) is 3.63. The average Bonchev–Trinajstić information content (AvgIpc) is 2.41. The highest BCUT2D eigenvalue weighted by atomic mass is 79.9. The molecule has 2 N–H and O–H groups in total. The lowest BCUT2D eigenvalue weighted by Crippen LogP contribution is -2.06. The molecule has 0 aliphatic rings. The van der Waals surface area contributed by atoms with Crippen molar-refractivity contribution < 1.29 is 5.11 Å². The fourth-order valence-electron chi connectivity index (χ4n) is 1.66. The number of halogens is 1. The molecule has 0 spiro atoms. The van der Waals surface area contributed by atoms with E-state index in [-0.39, 0.29) is 5.75 Å². The molecule has 0 fully saturated rings. The van der Waals surface area contributed by atoms with Gasteiger partial charge in [-0.25, -0.2) is 9.97 Å². The van der Waals surface area contributed by atoms with Crippen LogP contribution in [0.25, 0.3) is 11.4 Å². The topological polar surface area (TPSA) is 58.0 Å². The maximum absolute atomic E-state index is 9.31. The highest BCUT2D eigenvalue weighted by molar-refractivity contribution is 9.10. The SMILES string of the molecule is CCCNc1nc(-c2ccc(O)cc2)nc(C)c1Br. The van der Waals surface area contributed by atoms with Crippen LogP contribution in [0.4, 0.5) is 5.82 Å². The molecule has 0 saturated carbocycles. The van der Waals surface area contributed by atoms with Gasteiger partial charge in [0.15, 0.2) is 5.82 Å². The van der Waals surface area contributed by atoms with E-state index in [1.54, 1.807) is 12.1 Å². The Morgan fingerprint density at radius 3 is 2.53 bits per heavy atom. The standard InChI is InChI=1S/C14H16BrN3O/c1-3-8-16-14-12(15)9(2)17-13(18-14)10-4-6-11(19)7-5-10/h4-7,19H,3,8H2,1-2H3,(H,16,17,18). The number of nitrogens with one attached hydrogen (secondary N) is 1. The maximum Gasteiger partial charge on any atom is 0.161 e. The van der Waals surface area contributed by atoms with Gasteiger partial charge in [0.25, 0.3) is 0 Å². The Morgan fingerprint density at radius 2 is 1.89 bits per heavy atom. The molecule has 0 radical (unpaired) electrons. The normalized spacial score (nSPS) is 10.5. The number of anilines is 1. The minimum atomic E-state index is 0.238. The Hall–Kier alpha value is -1.62. The van der Waals surface area contributed by atoms with Crippen molar-refractivity contribution in [1.29, 1.82) is 0 Å². The second-order valence-corrected chi connectivity index (χ2v) is 5.06. The predicted molar refractivity (Wildman–Crippen MR) is 80.4 cm³/mol. The van der Waals surface area contributed by atoms with E-state index >= 15 is 0 Å². The fraction of sp³-hybridized carbons (Fsp3) is 0.286. The molecule has 2 rings (SSSR count). The summed E-state index contributed by atoms with van der Waals surface area (Å²) in [7, 11) is 0. The van der Waals surface area contributed by atoms with Crippen LogP contribution in [-0.2, 0) is 0 Å². The van der Waals surface area contributed by atoms with Gasteiger partial charge >= 0.3 is 0 Å². The summed E-state index contributed by atoms with van der Waals surface area (Å²) < 4.78 is 0.892. The van der Waals surface area contributed by atoms with E-state index in [1.807, 2.05) is 19.1 Å². The Kier molecular flexibility index (Phi) is 4.37. The van der Waals surface area contributed by atoms with Gasteiger partial charge in [-0.1, -0.05) is 6.92 Å². The van der Waals surface area contributed by atoms with Gasteiger partial charge in [0.2, 0.25) is 0 Å². The lowest BCUT2D eigenvalue weighted by atomic mass is 10.2. The zero-order chi connectivity index (χ0) is 13.8. The first-order valence-corrected chi connectivity index (χ1v) is 6.98. The average molecular weight is 322 g/mol. The monoisotopic (exact) mass is 321 g/mol. The van der Waals surface area contributed by atoms with Crippen LogP contribution in [0.5, 0.6) is 5.75 Å². The molecule has 1 aromatic carbocycles. The first-order valence-electron chi connectivity index (χ1n) is 6.19. The number of rotatable bonds is 4. The van der Waals surface area contributed by atoms with Crippen LogP contribution in [0.2, 0.25) is 0 Å². The van der Waals surface area contributed by atoms with Gasteiger partial charge in [0.05, 0.1) is 10.2 Å². The molecule has 0 saturated heterocycles. The quantitative estimate of drug-likeness (QED) is 0.900. The Bertz CT molecular complexity index is 570. The van der Waals surface area contributed by atoms with E-state index < -0.39 is 0 Å². The summed E-state index contributed by atoms with van der Waals surface area (Å²) in [5.74, 6) is 1.69. The highest BCUT2D eigenvalue weighted by Crippen LogP contribution is 2.27. The Labute approximate surface area is 121 Å². The van der Waals surface area contributed by atoms with E-state index in [0.717, 1.165) is 34.5 Å². The van der Waals surface area contributed by atoms with Crippen LogP contribution >= 0.6 is 15.9 Å². The minimum Gasteiger partial charge on any atom is -0.508 e. The molecule has 1 aromatic heterocycles. The second kappa shape index (κ2) is 6.02. The Balaban J connectivity index is 2.40. The molecule has 0 atom stereocenters. The van der Waals surface area contributed by atoms with Crippen LogP contribution in [0.1, 0.15) is 19.0 Å². The number of aromatic hydroxyl groups is 1. The largest absolute Gasteiger partial charge is 0.508 e. The lowest BCUT2D eigenvalue weighted by Gasteiger charge is -2.10. The van der Waals surface area contributed by atoms with Gasteiger partial charge in [-0.05, 0) is 53.5 Å². The molecule has 4 nitrogen and oxygen atoms in total. The fourth-order valence-corrected chi connectivity index (χ4v) is 1.98. The van der Waals surface area contributed by atoms with Gasteiger partial charge in [-0.3, -0.25) is 0 Å². The maximum atomic E-state index is 9.31. The summed E-state index contributed by atoms with van der Waals surface area (Å²) in [5.41, 5.74) is 1.77. The summed E-state index contributed by atoms with van der Waals surface area (Å²) in [4.78, 5) is 8.98. The summed E-state index contributed by atoms with van der Waals surface area (Å²) >= 11 is 3.50. The summed E-state index contributed by atoms with van der Waals surface area (Å²) in [6.45, 7) is 4.91. The molecular formula is C14H16BrN3O. The molecule has 100 valence electrons. The van der Waals surface area contributed by atoms with Crippen molar-refractivity contribution >= 4 is 21.7 Å². The third-order valence-electron chi connectivity index (χ3n) is 2.68. The van der Waals surface area contributed by atoms with Crippen LogP contribution in [0, 0.1) is 6.92 Å². The molecule has 0 amide bonds. The lowest BCUT2D eigenvalue weighted by molar-refractivity contribution is 0.475. The number of benzene rings is 1. The minimum absolute atomic E-state index is 0.238. The molecule has 0 bridgehead atoms. The second-order valence-electron chi connectivity index (χ2n) is 4.27. The van der Waals surface area contributed by atoms with Crippen LogP contribution < -0.4 is 5.32 Å². The summed E-state index contributed by atoms with van der Waals surface area (Å²) in [5, 5.41) is 12.6. The van der Waals surface area contributed by atoms with Crippen molar-refractivity contribution in [3.63, 3.8) is 0 Å². The number of aromatic nitrogens is 2. The number of hydrogen-bond acceptors (Lipinski definition) is 4. The van der Waals surface area contributed by atoms with E-state index in [9.17, 15) is 5.11 Å². The van der Waals surface area contributed by atoms with Gasteiger partial charge < -0.3 is 10.4 Å². The zero-order valence-corrected chi connectivity index (χ0v) is 12.5. The molecule has 0 aliphatic carbocycles. The molecule has 0 aliphatic heterocycles. The van der Waals surface area contributed by atoms with E-state index in [0.29, 0.717) is 5.82 Å². The first kappa shape index (κ1) is 13.8. The van der Waals surface area contributed by atoms with Crippen molar-refractivity contribution in [3.8, 4) is 17.1 Å². The number of hydrogen-bond donors (Lipinski definition) is 2. The third kappa shape index (κ3) is 3.23. The molecule has 0 unspecified atom stereocenters. The van der Waals surface area contributed by atoms with Gasteiger partial charge in [-0.15, -0.1) is 0 Å². The van der Waals surface area contributed by atoms with E-state index in [2.05, 4.69) is 38.1 Å². The van der Waals surface area contributed by atoms with Gasteiger partial charge in [-0.2, -0.15) is 0 Å². The van der Waals surface area contributed by atoms with E-state index in [1.165, 1.54) is 0 Å². The van der Waals surface area contributed by atoms with E-state index in [4.69, 9.17) is 0 Å². The van der Waals surface area contributed by atoms with Gasteiger partial charge in [0, 0.05) is 12.1 Å². The highest BCUT2D eigenvalue weighted by Gasteiger charge is 2.10.